The van der Waals surface area contributed by atoms with Crippen molar-refractivity contribution in [2.75, 3.05) is 5.32 Å². The number of nitrogens with two attached hydrogens (primary N) is 1. The highest BCUT2D eigenvalue weighted by Gasteiger charge is 2.11. The molecule has 0 saturated carbocycles. The first kappa shape index (κ1) is 14.9. The van der Waals surface area contributed by atoms with E-state index in [-0.39, 0.29) is 0 Å². The number of hydrogen-bond acceptors (Lipinski definition) is 5. The summed E-state index contributed by atoms with van der Waals surface area (Å²) >= 11 is 0. The number of nitrogens with zero attached hydrogens (tertiary/aromatic N) is 5. The highest BCUT2D eigenvalue weighted by molar-refractivity contribution is 6.06. The standard InChI is InChI=1S/C17H15N7O/c1-23-10-11(9-20-23)21-17-19-7-5-15(22-17)24-8-6-12-13(16(18)25)3-2-4-14(12)24/h2-10H,1H3,(H2,18,25)(H,19,21,22). The van der Waals surface area contributed by atoms with E-state index in [1.54, 1.807) is 35.3 Å². The molecule has 3 heterocycles. The van der Waals surface area contributed by atoms with E-state index in [1.165, 1.54) is 0 Å². The maximum atomic E-state index is 11.6. The van der Waals surface area contributed by atoms with E-state index < -0.39 is 5.91 Å². The van der Waals surface area contributed by atoms with Crippen molar-refractivity contribution in [3.05, 3.63) is 60.7 Å². The van der Waals surface area contributed by atoms with Gasteiger partial charge in [-0.2, -0.15) is 10.1 Å². The quantitative estimate of drug-likeness (QED) is 0.594. The summed E-state index contributed by atoms with van der Waals surface area (Å²) < 4.78 is 3.58. The van der Waals surface area contributed by atoms with Crippen LogP contribution in [-0.4, -0.2) is 30.2 Å². The Bertz CT molecular complexity index is 1080. The van der Waals surface area contributed by atoms with Gasteiger partial charge in [0.05, 0.1) is 17.4 Å². The largest absolute Gasteiger partial charge is 0.366 e. The third-order valence-corrected chi connectivity index (χ3v) is 3.85. The first-order chi connectivity index (χ1) is 12.1. The Hall–Kier alpha value is -3.68. The lowest BCUT2D eigenvalue weighted by atomic mass is 10.1. The fraction of sp³-hybridized carbons (Fsp3) is 0.0588. The molecule has 8 nitrogen and oxygen atoms in total. The number of aromatic nitrogens is 5. The van der Waals surface area contributed by atoms with Crippen LogP contribution in [-0.2, 0) is 7.05 Å². The molecule has 4 aromatic rings. The Morgan fingerprint density at radius 2 is 2.12 bits per heavy atom. The van der Waals surface area contributed by atoms with Crippen LogP contribution in [0.4, 0.5) is 11.6 Å². The molecule has 0 aliphatic carbocycles. The Morgan fingerprint density at radius 1 is 1.24 bits per heavy atom. The third-order valence-electron chi connectivity index (χ3n) is 3.85. The topological polar surface area (TPSA) is 104 Å². The predicted molar refractivity (Wildman–Crippen MR) is 93.9 cm³/mol. The molecule has 1 aromatic carbocycles. The minimum absolute atomic E-state index is 0.454. The van der Waals surface area contributed by atoms with Crippen LogP contribution in [0.3, 0.4) is 0 Å². The fourth-order valence-electron chi connectivity index (χ4n) is 2.74. The minimum atomic E-state index is -0.454. The number of fused-ring (bicyclic) bond motifs is 1. The summed E-state index contributed by atoms with van der Waals surface area (Å²) in [5.74, 6) is 0.682. The van der Waals surface area contributed by atoms with E-state index in [4.69, 9.17) is 5.73 Å². The predicted octanol–water partition coefficient (Wildman–Crippen LogP) is 2.00. The number of anilines is 2. The molecule has 0 aliphatic rings. The lowest BCUT2D eigenvalue weighted by Gasteiger charge is -2.07. The molecule has 0 saturated heterocycles. The maximum absolute atomic E-state index is 11.6. The second kappa shape index (κ2) is 5.75. The van der Waals surface area contributed by atoms with E-state index in [1.807, 2.05) is 36.1 Å². The first-order valence-electron chi connectivity index (χ1n) is 7.61. The van der Waals surface area contributed by atoms with Gasteiger partial charge in [-0.15, -0.1) is 0 Å². The van der Waals surface area contributed by atoms with Crippen molar-refractivity contribution in [3.63, 3.8) is 0 Å². The van der Waals surface area contributed by atoms with E-state index in [0.717, 1.165) is 16.6 Å². The van der Waals surface area contributed by atoms with Gasteiger partial charge in [0.1, 0.15) is 5.82 Å². The lowest BCUT2D eigenvalue weighted by Crippen LogP contribution is -2.11. The number of hydrogen-bond donors (Lipinski definition) is 2. The van der Waals surface area contributed by atoms with E-state index >= 15 is 0 Å². The lowest BCUT2D eigenvalue weighted by molar-refractivity contribution is 0.100. The van der Waals surface area contributed by atoms with Gasteiger partial charge in [0, 0.05) is 36.6 Å². The van der Waals surface area contributed by atoms with Crippen molar-refractivity contribution in [2.45, 2.75) is 0 Å². The molecule has 8 heteroatoms. The molecule has 4 rings (SSSR count). The molecule has 3 aromatic heterocycles. The van der Waals surface area contributed by atoms with Crippen molar-refractivity contribution < 1.29 is 4.79 Å². The first-order valence-corrected chi connectivity index (χ1v) is 7.61. The smallest absolute Gasteiger partial charge is 0.249 e. The van der Waals surface area contributed by atoms with Crippen molar-refractivity contribution in [1.82, 2.24) is 24.3 Å². The molecular formula is C17H15N7O. The number of aryl methyl sites for hydroxylation is 1. The molecule has 0 fully saturated rings. The fourth-order valence-corrected chi connectivity index (χ4v) is 2.74. The van der Waals surface area contributed by atoms with Crippen LogP contribution in [0.2, 0.25) is 0 Å². The van der Waals surface area contributed by atoms with Crippen LogP contribution >= 0.6 is 0 Å². The SMILES string of the molecule is Cn1cc(Nc2nccc(-n3ccc4c(C(N)=O)cccc43)n2)cn1. The van der Waals surface area contributed by atoms with E-state index in [0.29, 0.717) is 17.3 Å². The summed E-state index contributed by atoms with van der Waals surface area (Å²) in [6.07, 6.45) is 7.05. The Morgan fingerprint density at radius 3 is 2.88 bits per heavy atom. The number of amides is 1. The Kier molecular flexibility index (Phi) is 3.42. The molecule has 0 bridgehead atoms. The van der Waals surface area contributed by atoms with Gasteiger partial charge in [0.25, 0.3) is 0 Å². The second-order valence-corrected chi connectivity index (χ2v) is 5.55. The average molecular weight is 333 g/mol. The monoisotopic (exact) mass is 333 g/mol. The van der Waals surface area contributed by atoms with Crippen LogP contribution < -0.4 is 11.1 Å². The van der Waals surface area contributed by atoms with Gasteiger partial charge in [0.15, 0.2) is 0 Å². The number of primary amides is 1. The molecular weight excluding hydrogens is 318 g/mol. The summed E-state index contributed by atoms with van der Waals surface area (Å²) in [7, 11) is 1.84. The van der Waals surface area contributed by atoms with Gasteiger partial charge in [-0.1, -0.05) is 6.07 Å². The highest BCUT2D eigenvalue weighted by Crippen LogP contribution is 2.23. The second-order valence-electron chi connectivity index (χ2n) is 5.55. The number of nitrogens with one attached hydrogen (secondary N) is 1. The van der Waals surface area contributed by atoms with Gasteiger partial charge in [-0.05, 0) is 24.3 Å². The average Bonchev–Trinajstić information content (AvgIpc) is 3.21. The van der Waals surface area contributed by atoms with Gasteiger partial charge < -0.3 is 15.6 Å². The Balaban J connectivity index is 1.75. The normalized spacial score (nSPS) is 10.9. The molecule has 0 radical (unpaired) electrons. The van der Waals surface area contributed by atoms with Crippen molar-refractivity contribution >= 4 is 28.4 Å². The van der Waals surface area contributed by atoms with Gasteiger partial charge in [-0.3, -0.25) is 9.48 Å². The Labute approximate surface area is 142 Å². The summed E-state index contributed by atoms with van der Waals surface area (Å²) in [6.45, 7) is 0. The summed E-state index contributed by atoms with van der Waals surface area (Å²) in [5, 5.41) is 8.00. The van der Waals surface area contributed by atoms with Crippen LogP contribution in [0.15, 0.2) is 55.1 Å². The molecule has 124 valence electrons. The summed E-state index contributed by atoms with van der Waals surface area (Å²) in [4.78, 5) is 20.4. The van der Waals surface area contributed by atoms with Crippen LogP contribution in [0.25, 0.3) is 16.7 Å². The molecule has 3 N–H and O–H groups in total. The van der Waals surface area contributed by atoms with Crippen LogP contribution in [0.1, 0.15) is 10.4 Å². The maximum Gasteiger partial charge on any atom is 0.249 e. The number of benzene rings is 1. The zero-order valence-electron chi connectivity index (χ0n) is 13.4. The molecule has 0 unspecified atom stereocenters. The van der Waals surface area contributed by atoms with Gasteiger partial charge in [-0.25, -0.2) is 4.98 Å². The molecule has 0 atom stereocenters. The zero-order chi connectivity index (χ0) is 17.4. The van der Waals surface area contributed by atoms with Gasteiger partial charge >= 0.3 is 0 Å². The highest BCUT2D eigenvalue weighted by atomic mass is 16.1. The minimum Gasteiger partial charge on any atom is -0.366 e. The van der Waals surface area contributed by atoms with Crippen molar-refractivity contribution in [2.24, 2.45) is 12.8 Å². The summed E-state index contributed by atoms with van der Waals surface area (Å²) in [5.41, 5.74) is 7.58. The molecule has 0 spiro atoms. The number of carbonyl (C=O) groups excluding carboxylic acids is 1. The van der Waals surface area contributed by atoms with Gasteiger partial charge in [0.2, 0.25) is 11.9 Å². The summed E-state index contributed by atoms with van der Waals surface area (Å²) in [6, 6.07) is 9.08. The van der Waals surface area contributed by atoms with Crippen molar-refractivity contribution in [3.8, 4) is 5.82 Å². The zero-order valence-corrected chi connectivity index (χ0v) is 13.4. The van der Waals surface area contributed by atoms with Crippen LogP contribution in [0, 0.1) is 0 Å². The molecule has 0 aliphatic heterocycles. The van der Waals surface area contributed by atoms with E-state index in [9.17, 15) is 4.79 Å². The number of rotatable bonds is 4. The molecule has 25 heavy (non-hydrogen) atoms. The van der Waals surface area contributed by atoms with Crippen LogP contribution in [0.5, 0.6) is 0 Å². The van der Waals surface area contributed by atoms with E-state index in [2.05, 4.69) is 20.4 Å². The molecule has 1 amide bonds. The third kappa shape index (κ3) is 2.69. The number of carbonyl (C=O) groups is 1. The van der Waals surface area contributed by atoms with Crippen molar-refractivity contribution in [1.29, 1.82) is 0 Å².